The number of aliphatic hydroxyl groups is 1. The van der Waals surface area contributed by atoms with Crippen LogP contribution >= 0.6 is 0 Å². The van der Waals surface area contributed by atoms with E-state index in [2.05, 4.69) is 48.3 Å². The van der Waals surface area contributed by atoms with Crippen LogP contribution in [0.25, 0.3) is 0 Å². The average molecular weight is 1120 g/mol. The number of rotatable bonds is 26. The molecule has 4 bridgehead atoms. The van der Waals surface area contributed by atoms with Gasteiger partial charge in [-0.2, -0.15) is 0 Å². The number of anilines is 1. The Morgan fingerprint density at radius 3 is 2.38 bits per heavy atom. The van der Waals surface area contributed by atoms with Crippen LogP contribution in [0.4, 0.5) is 15.3 Å². The minimum Gasteiger partial charge on any atom is -0.445 e. The highest BCUT2D eigenvalue weighted by Crippen LogP contribution is 2.49. The molecule has 0 aliphatic carbocycles. The molecule has 21 heteroatoms. The van der Waals surface area contributed by atoms with Crippen molar-refractivity contribution in [2.24, 2.45) is 29.2 Å². The standard InChI is InChI=1S/C59H90N6O15/c1-32(2)52(60)56(69)65-45(9-8-22-62-57(61)70)55(68)64-39-12-10-37(11-13-39)30-74-58(71)63-29-41(67)27-50-53(72-7)38(31-73-50)25-40(66)26-43-15-17-48-54(77-43)51-28-49(78-48)47-19-21-59(79-47,80-51)20-18-44-24-34(4)46(76-44)16-14-42-23-33(3)35(5)36(6)75-42/h10-13,32-33,36,38,41-54,67H,4-5,8-9,14-31,60H2,1-3,6-7H3,(H,63,71)(H,64,68)(H,65,69)(H3,61,62,70)/t33-,36-,38?,41?,42+,43?,44?,45?,46+,47?,48?,49?,50-,51?,52+,53-,54+,59+/m1/s1. The van der Waals surface area contributed by atoms with Crippen molar-refractivity contribution in [3.63, 3.8) is 0 Å². The van der Waals surface area contributed by atoms with E-state index in [0.717, 1.165) is 56.9 Å². The summed E-state index contributed by atoms with van der Waals surface area (Å²) in [6.45, 7) is 16.9. The Kier molecular flexibility index (Phi) is 21.6. The number of benzene rings is 1. The first-order chi connectivity index (χ1) is 38.2. The summed E-state index contributed by atoms with van der Waals surface area (Å²) in [5.41, 5.74) is 14.5. The van der Waals surface area contributed by atoms with Gasteiger partial charge in [-0.1, -0.05) is 46.1 Å². The van der Waals surface area contributed by atoms with Crippen molar-refractivity contribution in [1.82, 2.24) is 16.0 Å². The van der Waals surface area contributed by atoms with Gasteiger partial charge in [0.15, 0.2) is 5.79 Å². The number of carbonyl (C=O) groups excluding carboxylic acids is 5. The van der Waals surface area contributed by atoms with Gasteiger partial charge < -0.3 is 80.5 Å². The predicted molar refractivity (Wildman–Crippen MR) is 295 cm³/mol. The number of hydrogen-bond acceptors (Lipinski definition) is 16. The number of nitrogens with one attached hydrogen (secondary N) is 4. The largest absolute Gasteiger partial charge is 0.445 e. The molecule has 0 aromatic heterocycles. The van der Waals surface area contributed by atoms with Gasteiger partial charge in [0.1, 0.15) is 24.5 Å². The Hall–Kier alpha value is -4.55. The number of nitrogens with two attached hydrogens (primary N) is 2. The molecule has 1 aromatic rings. The van der Waals surface area contributed by atoms with Crippen LogP contribution in [-0.4, -0.2) is 159 Å². The molecule has 0 spiro atoms. The molecule has 7 aliphatic rings. The summed E-state index contributed by atoms with van der Waals surface area (Å²) in [7, 11) is 1.57. The zero-order valence-corrected chi connectivity index (χ0v) is 47.6. The summed E-state index contributed by atoms with van der Waals surface area (Å²) in [4.78, 5) is 63.4. The van der Waals surface area contributed by atoms with Gasteiger partial charge in [-0.3, -0.25) is 14.4 Å². The summed E-state index contributed by atoms with van der Waals surface area (Å²) in [5, 5.41) is 21.5. The van der Waals surface area contributed by atoms with Crippen molar-refractivity contribution in [2.45, 2.75) is 234 Å². The van der Waals surface area contributed by atoms with Crippen molar-refractivity contribution in [1.29, 1.82) is 0 Å². The van der Waals surface area contributed by atoms with E-state index in [1.54, 1.807) is 45.2 Å². The van der Waals surface area contributed by atoms with Crippen LogP contribution in [-0.2, 0) is 63.6 Å². The number of ketones is 1. The number of carbonyl (C=O) groups is 5. The zero-order chi connectivity index (χ0) is 57.3. The van der Waals surface area contributed by atoms with Crippen LogP contribution < -0.4 is 32.7 Å². The number of alkyl carbamates (subject to hydrolysis) is 1. The van der Waals surface area contributed by atoms with Gasteiger partial charge in [-0.15, -0.1) is 0 Å². The number of urea groups is 1. The van der Waals surface area contributed by atoms with Crippen molar-refractivity contribution >= 4 is 35.4 Å². The van der Waals surface area contributed by atoms with Gasteiger partial charge in [0.05, 0.1) is 85.9 Å². The van der Waals surface area contributed by atoms with E-state index >= 15 is 0 Å². The Morgan fingerprint density at radius 2 is 1.64 bits per heavy atom. The SMILES string of the molecule is C=C1CC(CC[C@]23CCC(O2)C2CC(O3)[C@H]3OC(CC(=O)CC4CO[C@H](CC(O)CNC(=O)OCc5ccc(NC(=O)C(CCCNC(N)=O)NC(=O)[C@@H](N)C(C)C)cc5)[C@@H]4OC)CCC3O2)O[C@H]1CC[C@H]1C[C@@H](C)C(=C)[C@@H](C)O1. The van der Waals surface area contributed by atoms with Crippen LogP contribution in [0.15, 0.2) is 48.6 Å². The molecule has 7 aliphatic heterocycles. The minimum absolute atomic E-state index is 0.0226. The van der Waals surface area contributed by atoms with Gasteiger partial charge in [-0.25, -0.2) is 9.59 Å². The summed E-state index contributed by atoms with van der Waals surface area (Å²) in [6.07, 6.45) is 6.85. The number of aliphatic hydroxyl groups excluding tert-OH is 1. The molecular weight excluding hydrogens is 1030 g/mol. The Labute approximate surface area is 471 Å². The van der Waals surface area contributed by atoms with Crippen molar-refractivity contribution < 1.29 is 71.7 Å². The van der Waals surface area contributed by atoms with E-state index in [1.807, 2.05) is 0 Å². The van der Waals surface area contributed by atoms with E-state index < -0.39 is 60.1 Å². The summed E-state index contributed by atoms with van der Waals surface area (Å²) in [6, 6.07) is 4.18. The monoisotopic (exact) mass is 1120 g/mol. The van der Waals surface area contributed by atoms with E-state index in [4.69, 9.17) is 54.1 Å². The number of methoxy groups -OCH3 is 1. The lowest BCUT2D eigenvalue weighted by Gasteiger charge is -2.47. The molecule has 7 saturated heterocycles. The molecule has 446 valence electrons. The lowest BCUT2D eigenvalue weighted by Crippen LogP contribution is -2.56. The Balaban J connectivity index is 0.730. The highest BCUT2D eigenvalue weighted by molar-refractivity contribution is 5.97. The maximum atomic E-state index is 13.8. The first kappa shape index (κ1) is 61.5. The molecule has 7 heterocycles. The molecule has 9 unspecified atom stereocenters. The molecule has 18 atom stereocenters. The van der Waals surface area contributed by atoms with Crippen molar-refractivity contribution in [3.8, 4) is 0 Å². The van der Waals surface area contributed by atoms with Crippen LogP contribution in [0.1, 0.15) is 136 Å². The van der Waals surface area contributed by atoms with Crippen molar-refractivity contribution in [3.05, 3.63) is 54.1 Å². The normalized spacial score (nSPS) is 34.0. The third-order valence-electron chi connectivity index (χ3n) is 17.5. The van der Waals surface area contributed by atoms with Gasteiger partial charge in [0.2, 0.25) is 11.8 Å². The molecule has 21 nitrogen and oxygen atoms in total. The number of amides is 5. The molecule has 7 fully saturated rings. The molecule has 80 heavy (non-hydrogen) atoms. The lowest BCUT2D eigenvalue weighted by molar-refractivity contribution is -0.276. The summed E-state index contributed by atoms with van der Waals surface area (Å²) >= 11 is 0. The second kappa shape index (κ2) is 28.1. The minimum atomic E-state index is -0.987. The van der Waals surface area contributed by atoms with E-state index in [9.17, 15) is 29.1 Å². The van der Waals surface area contributed by atoms with Crippen molar-refractivity contribution in [2.75, 3.05) is 32.1 Å². The fourth-order valence-electron chi connectivity index (χ4n) is 12.8. The number of hydrogen-bond donors (Lipinski definition) is 7. The smallest absolute Gasteiger partial charge is 0.407 e. The topological polar surface area (TPSA) is 289 Å². The molecule has 5 amide bonds. The number of primary amides is 1. The van der Waals surface area contributed by atoms with E-state index in [0.29, 0.717) is 42.9 Å². The maximum Gasteiger partial charge on any atom is 0.407 e. The maximum absolute atomic E-state index is 13.8. The van der Waals surface area contributed by atoms with Crippen LogP contribution in [0.5, 0.6) is 0 Å². The van der Waals surface area contributed by atoms with Gasteiger partial charge in [-0.05, 0) is 112 Å². The fourth-order valence-corrected chi connectivity index (χ4v) is 12.8. The van der Waals surface area contributed by atoms with Crippen LogP contribution in [0.2, 0.25) is 0 Å². The molecular formula is C59H90N6O15. The summed E-state index contributed by atoms with van der Waals surface area (Å²) in [5.74, 6) is -1.55. The van der Waals surface area contributed by atoms with Crippen LogP contribution in [0.3, 0.4) is 0 Å². The Morgan fingerprint density at radius 1 is 0.863 bits per heavy atom. The predicted octanol–water partition coefficient (Wildman–Crippen LogP) is 5.52. The molecule has 1 aromatic carbocycles. The number of Topliss-reactive ketones (excluding diaryl/α,β-unsaturated/α-hetero) is 1. The third kappa shape index (κ3) is 16.4. The Bertz CT molecular complexity index is 2290. The van der Waals surface area contributed by atoms with Crippen LogP contribution in [0, 0.1) is 17.8 Å². The number of ether oxygens (including phenoxy) is 9. The second-order valence-electron chi connectivity index (χ2n) is 23.9. The van der Waals surface area contributed by atoms with Gasteiger partial charge in [0, 0.05) is 70.3 Å². The molecule has 0 saturated carbocycles. The summed E-state index contributed by atoms with van der Waals surface area (Å²) < 4.78 is 57.4. The highest BCUT2D eigenvalue weighted by atomic mass is 16.7. The van der Waals surface area contributed by atoms with Gasteiger partial charge in [0.25, 0.3) is 0 Å². The first-order valence-electron chi connectivity index (χ1n) is 29.3. The third-order valence-corrected chi connectivity index (χ3v) is 17.5. The van der Waals surface area contributed by atoms with E-state index in [1.165, 1.54) is 5.57 Å². The zero-order valence-electron chi connectivity index (χ0n) is 47.6. The highest BCUT2D eigenvalue weighted by Gasteiger charge is 2.56. The second-order valence-corrected chi connectivity index (χ2v) is 23.9. The van der Waals surface area contributed by atoms with E-state index in [-0.39, 0.29) is 131 Å². The molecule has 9 N–H and O–H groups in total. The first-order valence-corrected chi connectivity index (χ1v) is 29.3. The fraction of sp³-hybridized carbons (Fsp3) is 0.746. The molecule has 0 radical (unpaired) electrons. The number of fused-ring (bicyclic) bond motifs is 7. The quantitative estimate of drug-likeness (QED) is 0.0444. The average Bonchev–Trinajstić information content (AvgIpc) is 4.18. The van der Waals surface area contributed by atoms with Gasteiger partial charge >= 0.3 is 12.1 Å². The lowest BCUT2D eigenvalue weighted by atomic mass is 9.86. The molecule has 8 rings (SSSR count).